The van der Waals surface area contributed by atoms with Gasteiger partial charge in [-0.1, -0.05) is 18.6 Å². The number of imidazole rings is 1. The van der Waals surface area contributed by atoms with Gasteiger partial charge in [0.1, 0.15) is 0 Å². The summed E-state index contributed by atoms with van der Waals surface area (Å²) in [6.45, 7) is 0. The molecular formula is C17H21N5O2S. The number of rotatable bonds is 6. The minimum Gasteiger partial charge on any atom is -0.332 e. The molecule has 4 rings (SSSR count). The van der Waals surface area contributed by atoms with Crippen molar-refractivity contribution < 1.29 is 9.59 Å². The van der Waals surface area contributed by atoms with Crippen molar-refractivity contribution in [3.63, 3.8) is 0 Å². The molecule has 2 aliphatic heterocycles. The highest BCUT2D eigenvalue weighted by atomic mass is 32.2. The molecule has 2 fully saturated rings. The van der Waals surface area contributed by atoms with E-state index in [0.29, 0.717) is 17.6 Å². The number of aromatic nitrogens is 2. The number of thioether (sulfide) groups is 1. The number of nitrogens with zero attached hydrogens (tertiary/aromatic N) is 1. The Hall–Kier alpha value is -2.22. The molecule has 1 aromatic carbocycles. The summed E-state index contributed by atoms with van der Waals surface area (Å²) in [5, 5.41) is 9.22. The van der Waals surface area contributed by atoms with Crippen LogP contribution in [0.5, 0.6) is 0 Å². The maximum atomic E-state index is 12.1. The van der Waals surface area contributed by atoms with Gasteiger partial charge in [0.05, 0.1) is 23.1 Å². The average molecular weight is 359 g/mol. The van der Waals surface area contributed by atoms with E-state index < -0.39 is 0 Å². The van der Waals surface area contributed by atoms with Crippen LogP contribution in [0.4, 0.5) is 10.7 Å². The zero-order valence-corrected chi connectivity index (χ0v) is 14.6. The SMILES string of the molecule is O=C(CCCC[C@@H]1SC[C@H]2NC(=O)N[C@@H]12)Nc1nc2ccccc2[nH]1. The predicted octanol–water partition coefficient (Wildman–Crippen LogP) is 2.23. The Morgan fingerprint density at radius 3 is 3.04 bits per heavy atom. The summed E-state index contributed by atoms with van der Waals surface area (Å²) in [6, 6.07) is 8.14. The van der Waals surface area contributed by atoms with Crippen molar-refractivity contribution in [3.05, 3.63) is 24.3 Å². The second kappa shape index (κ2) is 6.95. The molecule has 2 saturated heterocycles. The molecule has 0 bridgehead atoms. The molecule has 0 spiro atoms. The number of hydrogen-bond donors (Lipinski definition) is 4. The van der Waals surface area contributed by atoms with Crippen LogP contribution in [-0.2, 0) is 4.79 Å². The lowest BCUT2D eigenvalue weighted by molar-refractivity contribution is -0.116. The zero-order valence-electron chi connectivity index (χ0n) is 13.7. The van der Waals surface area contributed by atoms with Gasteiger partial charge < -0.3 is 15.6 Å². The zero-order chi connectivity index (χ0) is 17.2. The molecule has 2 aliphatic rings. The van der Waals surface area contributed by atoms with E-state index in [2.05, 4.69) is 25.9 Å². The lowest BCUT2D eigenvalue weighted by Crippen LogP contribution is -2.36. The molecule has 0 saturated carbocycles. The normalized spacial score (nSPS) is 24.8. The van der Waals surface area contributed by atoms with Crippen LogP contribution < -0.4 is 16.0 Å². The minimum absolute atomic E-state index is 0.0214. The Bertz CT molecular complexity index is 759. The van der Waals surface area contributed by atoms with Crippen molar-refractivity contribution in [1.82, 2.24) is 20.6 Å². The molecule has 1 aromatic heterocycles. The number of urea groups is 1. The first-order valence-corrected chi connectivity index (χ1v) is 9.67. The van der Waals surface area contributed by atoms with Crippen LogP contribution in [0.2, 0.25) is 0 Å². The van der Waals surface area contributed by atoms with Crippen molar-refractivity contribution in [2.75, 3.05) is 11.1 Å². The largest absolute Gasteiger partial charge is 0.332 e. The molecule has 8 heteroatoms. The Morgan fingerprint density at radius 2 is 2.16 bits per heavy atom. The molecule has 4 N–H and O–H groups in total. The van der Waals surface area contributed by atoms with Crippen molar-refractivity contribution in [2.24, 2.45) is 0 Å². The number of amides is 3. The quantitative estimate of drug-likeness (QED) is 0.469. The number of hydrogen-bond acceptors (Lipinski definition) is 4. The molecule has 7 nitrogen and oxygen atoms in total. The molecule has 3 heterocycles. The van der Waals surface area contributed by atoms with Crippen LogP contribution in [-0.4, -0.2) is 45.0 Å². The Balaban J connectivity index is 1.20. The molecule has 0 unspecified atom stereocenters. The summed E-state index contributed by atoms with van der Waals surface area (Å²) in [5.74, 6) is 1.45. The van der Waals surface area contributed by atoms with E-state index in [0.717, 1.165) is 36.0 Å². The van der Waals surface area contributed by atoms with Crippen LogP contribution in [0.25, 0.3) is 11.0 Å². The summed E-state index contributed by atoms with van der Waals surface area (Å²) >= 11 is 1.91. The van der Waals surface area contributed by atoms with Crippen LogP contribution in [0, 0.1) is 0 Å². The number of carbonyl (C=O) groups excluding carboxylic acids is 2. The first kappa shape index (κ1) is 16.3. The smallest absolute Gasteiger partial charge is 0.315 e. The Kier molecular flexibility index (Phi) is 4.52. The number of fused-ring (bicyclic) bond motifs is 2. The number of H-pyrrole nitrogens is 1. The standard InChI is InChI=1S/C17H21N5O2S/c23-14(21-16-18-10-5-1-2-6-11(10)19-16)8-4-3-7-13-15-12(9-25-13)20-17(24)22-15/h1-2,5-6,12-13,15H,3-4,7-9H2,(H2,20,22,24)(H2,18,19,21,23)/t12-,13+,15-/m1/s1. The number of carbonyl (C=O) groups is 2. The van der Waals surface area contributed by atoms with E-state index in [4.69, 9.17) is 0 Å². The molecular weight excluding hydrogens is 338 g/mol. The maximum Gasteiger partial charge on any atom is 0.315 e. The lowest BCUT2D eigenvalue weighted by Gasteiger charge is -2.16. The topological polar surface area (TPSA) is 98.9 Å². The van der Waals surface area contributed by atoms with E-state index >= 15 is 0 Å². The average Bonchev–Trinajstić information content (AvgIpc) is 3.25. The summed E-state index contributed by atoms with van der Waals surface area (Å²) < 4.78 is 0. The van der Waals surface area contributed by atoms with Gasteiger partial charge in [-0.3, -0.25) is 10.1 Å². The lowest BCUT2D eigenvalue weighted by atomic mass is 10.0. The summed E-state index contributed by atoms with van der Waals surface area (Å²) in [5.41, 5.74) is 1.76. The van der Waals surface area contributed by atoms with E-state index in [1.54, 1.807) is 0 Å². The van der Waals surface area contributed by atoms with Gasteiger partial charge in [-0.2, -0.15) is 11.8 Å². The second-order valence-electron chi connectivity index (χ2n) is 6.52. The van der Waals surface area contributed by atoms with E-state index in [-0.39, 0.29) is 24.0 Å². The fraction of sp³-hybridized carbons (Fsp3) is 0.471. The third kappa shape index (κ3) is 3.58. The van der Waals surface area contributed by atoms with Gasteiger partial charge >= 0.3 is 6.03 Å². The first-order chi connectivity index (χ1) is 12.2. The van der Waals surface area contributed by atoms with Crippen LogP contribution >= 0.6 is 11.8 Å². The van der Waals surface area contributed by atoms with Gasteiger partial charge in [0.25, 0.3) is 0 Å². The number of benzene rings is 1. The van der Waals surface area contributed by atoms with Gasteiger partial charge in [-0.25, -0.2) is 9.78 Å². The highest BCUT2D eigenvalue weighted by Crippen LogP contribution is 2.33. The molecule has 3 amide bonds. The number of para-hydroxylation sites is 2. The summed E-state index contributed by atoms with van der Waals surface area (Å²) in [4.78, 5) is 30.9. The number of aromatic amines is 1. The van der Waals surface area contributed by atoms with Gasteiger partial charge in [0.15, 0.2) is 0 Å². The Morgan fingerprint density at radius 1 is 1.28 bits per heavy atom. The fourth-order valence-electron chi connectivity index (χ4n) is 3.48. The highest BCUT2D eigenvalue weighted by molar-refractivity contribution is 8.00. The first-order valence-electron chi connectivity index (χ1n) is 8.62. The monoisotopic (exact) mass is 359 g/mol. The van der Waals surface area contributed by atoms with Crippen molar-refractivity contribution in [1.29, 1.82) is 0 Å². The van der Waals surface area contributed by atoms with Gasteiger partial charge in [-0.15, -0.1) is 0 Å². The Labute approximate surface area is 149 Å². The molecule has 0 aliphatic carbocycles. The number of anilines is 1. The van der Waals surface area contributed by atoms with Crippen molar-refractivity contribution in [2.45, 2.75) is 43.0 Å². The minimum atomic E-state index is -0.0505. The van der Waals surface area contributed by atoms with Crippen LogP contribution in [0.3, 0.4) is 0 Å². The predicted molar refractivity (Wildman–Crippen MR) is 98.7 cm³/mol. The van der Waals surface area contributed by atoms with Crippen molar-refractivity contribution >= 4 is 40.7 Å². The molecule has 3 atom stereocenters. The number of unbranched alkanes of at least 4 members (excludes halogenated alkanes) is 1. The molecule has 0 radical (unpaired) electrons. The van der Waals surface area contributed by atoms with E-state index in [1.165, 1.54) is 0 Å². The fourth-order valence-corrected chi connectivity index (χ4v) is 5.02. The summed E-state index contributed by atoms with van der Waals surface area (Å²) in [6.07, 6.45) is 3.31. The van der Waals surface area contributed by atoms with Gasteiger partial charge in [0, 0.05) is 17.4 Å². The second-order valence-corrected chi connectivity index (χ2v) is 7.79. The van der Waals surface area contributed by atoms with E-state index in [1.807, 2.05) is 36.0 Å². The van der Waals surface area contributed by atoms with E-state index in [9.17, 15) is 9.59 Å². The third-order valence-electron chi connectivity index (χ3n) is 4.73. The van der Waals surface area contributed by atoms with Crippen LogP contribution in [0.15, 0.2) is 24.3 Å². The van der Waals surface area contributed by atoms with Gasteiger partial charge in [0.2, 0.25) is 11.9 Å². The van der Waals surface area contributed by atoms with Crippen LogP contribution in [0.1, 0.15) is 25.7 Å². The van der Waals surface area contributed by atoms with Gasteiger partial charge in [-0.05, 0) is 25.0 Å². The number of nitrogens with one attached hydrogen (secondary N) is 4. The molecule has 132 valence electrons. The third-order valence-corrected chi connectivity index (χ3v) is 6.24. The maximum absolute atomic E-state index is 12.1. The molecule has 25 heavy (non-hydrogen) atoms. The summed E-state index contributed by atoms with van der Waals surface area (Å²) in [7, 11) is 0. The molecule has 2 aromatic rings. The highest BCUT2D eigenvalue weighted by Gasteiger charge is 2.42. The van der Waals surface area contributed by atoms with Crippen molar-refractivity contribution in [3.8, 4) is 0 Å².